The number of nitrogens with zero attached hydrogens (tertiary/aromatic N) is 2. The van der Waals surface area contributed by atoms with Crippen LogP contribution in [0.4, 0.5) is 13.2 Å². The van der Waals surface area contributed by atoms with Gasteiger partial charge in [-0.15, -0.1) is 0 Å². The van der Waals surface area contributed by atoms with Gasteiger partial charge in [-0.25, -0.2) is 5.43 Å². The van der Waals surface area contributed by atoms with Gasteiger partial charge in [0.15, 0.2) is 11.5 Å². The Hall–Kier alpha value is -4.34. The summed E-state index contributed by atoms with van der Waals surface area (Å²) in [6.07, 6.45) is -0.0686. The minimum Gasteiger partial charge on any atom is -0.493 e. The van der Waals surface area contributed by atoms with Crippen LogP contribution in [0.3, 0.4) is 0 Å². The summed E-state index contributed by atoms with van der Waals surface area (Å²) in [5, 5.41) is 3.89. The largest absolute Gasteiger partial charge is 0.493 e. The van der Waals surface area contributed by atoms with E-state index in [4.69, 9.17) is 9.47 Å². The molecular formula is C30H30F3N3O4. The summed E-state index contributed by atoms with van der Waals surface area (Å²) >= 11 is 0. The van der Waals surface area contributed by atoms with Gasteiger partial charge in [-0.05, 0) is 72.4 Å². The summed E-state index contributed by atoms with van der Waals surface area (Å²) in [6.45, 7) is 1.88. The number of nitrogens with one attached hydrogen (secondary N) is 1. The molecule has 0 saturated carbocycles. The molecular weight excluding hydrogens is 523 g/mol. The molecule has 0 spiro atoms. The molecule has 4 rings (SSSR count). The average molecular weight is 554 g/mol. The third kappa shape index (κ3) is 7.84. The number of hydrogen-bond acceptors (Lipinski definition) is 5. The molecule has 0 unspecified atom stereocenters. The molecule has 0 radical (unpaired) electrons. The number of halogens is 3. The number of ether oxygens (including phenoxy) is 2. The molecule has 3 aromatic carbocycles. The molecule has 0 aromatic heterocycles. The zero-order valence-corrected chi connectivity index (χ0v) is 22.0. The predicted octanol–water partition coefficient (Wildman–Crippen LogP) is 5.61. The first-order valence-corrected chi connectivity index (χ1v) is 12.9. The van der Waals surface area contributed by atoms with E-state index in [1.54, 1.807) is 18.2 Å². The molecule has 1 fully saturated rings. The lowest BCUT2D eigenvalue weighted by Gasteiger charge is -2.26. The van der Waals surface area contributed by atoms with Gasteiger partial charge in [0, 0.05) is 18.7 Å². The zero-order valence-electron chi connectivity index (χ0n) is 22.0. The number of methoxy groups -OCH3 is 1. The molecule has 7 nitrogen and oxygen atoms in total. The quantitative estimate of drug-likeness (QED) is 0.276. The summed E-state index contributed by atoms with van der Waals surface area (Å²) < 4.78 is 49.9. The first-order chi connectivity index (χ1) is 19.2. The molecule has 1 saturated heterocycles. The van der Waals surface area contributed by atoms with Crippen LogP contribution < -0.4 is 14.9 Å². The highest BCUT2D eigenvalue weighted by Crippen LogP contribution is 2.30. The molecule has 0 atom stereocenters. The fraction of sp³-hybridized carbons (Fsp3) is 0.300. The van der Waals surface area contributed by atoms with Crippen molar-refractivity contribution in [1.29, 1.82) is 0 Å². The molecule has 10 heteroatoms. The minimum atomic E-state index is -4.47. The number of piperidine rings is 1. The van der Waals surface area contributed by atoms with Crippen molar-refractivity contribution in [3.05, 3.63) is 94.5 Å². The Morgan fingerprint density at radius 2 is 1.70 bits per heavy atom. The van der Waals surface area contributed by atoms with Crippen molar-refractivity contribution < 1.29 is 32.2 Å². The number of alkyl halides is 3. The second-order valence-corrected chi connectivity index (χ2v) is 9.42. The van der Waals surface area contributed by atoms with E-state index in [0.29, 0.717) is 22.6 Å². The predicted molar refractivity (Wildman–Crippen MR) is 144 cm³/mol. The van der Waals surface area contributed by atoms with E-state index in [-0.39, 0.29) is 24.5 Å². The standard InChI is InChI=1S/C30H30F3N3O4/c1-39-27-17-23(19-34-35-28(37)18-22-6-5-7-25(16-22)30(31,32)33)10-13-26(27)40-20-21-8-11-24(12-9-21)29(38)36-14-3-2-4-15-36/h5-13,16-17,19H,2-4,14-15,18,20H2,1H3,(H,35,37)/b34-19+. The van der Waals surface area contributed by atoms with Gasteiger partial charge in [-0.2, -0.15) is 18.3 Å². The molecule has 1 N–H and O–H groups in total. The second-order valence-electron chi connectivity index (χ2n) is 9.42. The van der Waals surface area contributed by atoms with Gasteiger partial charge in [-0.1, -0.05) is 30.3 Å². The average Bonchev–Trinajstić information content (AvgIpc) is 2.96. The Kier molecular flexibility index (Phi) is 9.42. The number of benzene rings is 3. The van der Waals surface area contributed by atoms with E-state index in [9.17, 15) is 22.8 Å². The van der Waals surface area contributed by atoms with Gasteiger partial charge < -0.3 is 14.4 Å². The van der Waals surface area contributed by atoms with Crippen LogP contribution in [0.15, 0.2) is 71.8 Å². The Morgan fingerprint density at radius 3 is 2.40 bits per heavy atom. The van der Waals surface area contributed by atoms with Gasteiger partial charge in [-0.3, -0.25) is 9.59 Å². The van der Waals surface area contributed by atoms with Crippen LogP contribution in [-0.2, 0) is 24.0 Å². The van der Waals surface area contributed by atoms with Crippen molar-refractivity contribution >= 4 is 18.0 Å². The van der Waals surface area contributed by atoms with Crippen molar-refractivity contribution in [2.45, 2.75) is 38.5 Å². The summed E-state index contributed by atoms with van der Waals surface area (Å²) in [5.41, 5.74) is 3.91. The van der Waals surface area contributed by atoms with E-state index in [1.165, 1.54) is 31.9 Å². The van der Waals surface area contributed by atoms with Crippen molar-refractivity contribution in [1.82, 2.24) is 10.3 Å². The van der Waals surface area contributed by atoms with Gasteiger partial charge in [0.1, 0.15) is 6.61 Å². The number of likely N-dealkylation sites (tertiary alicyclic amines) is 1. The monoisotopic (exact) mass is 553 g/mol. The minimum absolute atomic E-state index is 0.0536. The maximum absolute atomic E-state index is 12.9. The fourth-order valence-electron chi connectivity index (χ4n) is 4.33. The van der Waals surface area contributed by atoms with Gasteiger partial charge >= 0.3 is 6.18 Å². The Labute approximate surface area is 230 Å². The first-order valence-electron chi connectivity index (χ1n) is 12.9. The van der Waals surface area contributed by atoms with Crippen LogP contribution in [0.25, 0.3) is 0 Å². The molecule has 1 aliphatic heterocycles. The summed E-state index contributed by atoms with van der Waals surface area (Å²) in [5.74, 6) is 0.460. The Morgan fingerprint density at radius 1 is 0.950 bits per heavy atom. The Balaban J connectivity index is 1.29. The van der Waals surface area contributed by atoms with Crippen molar-refractivity contribution in [3.63, 3.8) is 0 Å². The van der Waals surface area contributed by atoms with Crippen LogP contribution in [0.5, 0.6) is 11.5 Å². The molecule has 0 aliphatic carbocycles. The van der Waals surface area contributed by atoms with E-state index < -0.39 is 17.6 Å². The molecule has 0 bridgehead atoms. The van der Waals surface area contributed by atoms with Gasteiger partial charge in [0.2, 0.25) is 5.91 Å². The zero-order chi connectivity index (χ0) is 28.5. The topological polar surface area (TPSA) is 80.2 Å². The summed E-state index contributed by atoms with van der Waals surface area (Å²) in [7, 11) is 1.50. The third-order valence-corrected chi connectivity index (χ3v) is 6.45. The SMILES string of the molecule is COc1cc(/C=N/NC(=O)Cc2cccc(C(F)(F)F)c2)ccc1OCc1ccc(C(=O)N2CCCCC2)cc1. The fourth-order valence-corrected chi connectivity index (χ4v) is 4.33. The summed E-state index contributed by atoms with van der Waals surface area (Å²) in [4.78, 5) is 26.7. The third-order valence-electron chi connectivity index (χ3n) is 6.45. The van der Waals surface area contributed by atoms with Crippen LogP contribution in [0.2, 0.25) is 0 Å². The number of amides is 2. The molecule has 1 aliphatic rings. The Bertz CT molecular complexity index is 1350. The number of hydrogen-bond donors (Lipinski definition) is 1. The molecule has 40 heavy (non-hydrogen) atoms. The molecule has 2 amide bonds. The smallest absolute Gasteiger partial charge is 0.416 e. The lowest BCUT2D eigenvalue weighted by atomic mass is 10.1. The van der Waals surface area contributed by atoms with Crippen LogP contribution in [-0.4, -0.2) is 43.1 Å². The highest BCUT2D eigenvalue weighted by Gasteiger charge is 2.30. The van der Waals surface area contributed by atoms with Crippen LogP contribution in [0.1, 0.15) is 51.9 Å². The van der Waals surface area contributed by atoms with Gasteiger partial charge in [0.05, 0.1) is 25.3 Å². The van der Waals surface area contributed by atoms with Crippen molar-refractivity contribution in [2.24, 2.45) is 5.10 Å². The van der Waals surface area contributed by atoms with Crippen LogP contribution >= 0.6 is 0 Å². The van der Waals surface area contributed by atoms with E-state index in [2.05, 4.69) is 10.5 Å². The maximum atomic E-state index is 12.9. The van der Waals surface area contributed by atoms with Gasteiger partial charge in [0.25, 0.3) is 5.91 Å². The number of carbonyl (C=O) groups excluding carboxylic acids is 2. The molecule has 3 aromatic rings. The maximum Gasteiger partial charge on any atom is 0.416 e. The first kappa shape index (κ1) is 28.7. The highest BCUT2D eigenvalue weighted by molar-refractivity contribution is 5.94. The van der Waals surface area contributed by atoms with Crippen LogP contribution in [0, 0.1) is 0 Å². The van der Waals surface area contributed by atoms with E-state index >= 15 is 0 Å². The molecule has 210 valence electrons. The lowest BCUT2D eigenvalue weighted by Crippen LogP contribution is -2.35. The highest BCUT2D eigenvalue weighted by atomic mass is 19.4. The number of rotatable bonds is 9. The normalized spacial score (nSPS) is 13.8. The number of carbonyl (C=O) groups is 2. The van der Waals surface area contributed by atoms with Crippen molar-refractivity contribution in [3.8, 4) is 11.5 Å². The van der Waals surface area contributed by atoms with E-state index in [1.807, 2.05) is 29.2 Å². The summed E-state index contributed by atoms with van der Waals surface area (Å²) in [6, 6.07) is 17.1. The lowest BCUT2D eigenvalue weighted by molar-refractivity contribution is -0.137. The number of hydrazone groups is 1. The van der Waals surface area contributed by atoms with Crippen molar-refractivity contribution in [2.75, 3.05) is 20.2 Å². The second kappa shape index (κ2) is 13.1. The molecule has 1 heterocycles. The van der Waals surface area contributed by atoms with E-state index in [0.717, 1.165) is 43.6 Å².